The van der Waals surface area contributed by atoms with Gasteiger partial charge in [-0.1, -0.05) is 0 Å². The van der Waals surface area contributed by atoms with Crippen LogP contribution in [-0.2, 0) is 16.1 Å². The SMILES string of the molecule is CN1CC(NC(=O)c2cccn2CC(=O)O)CCC1=O. The Kier molecular flexibility index (Phi) is 4.07. The molecule has 7 heteroatoms. The molecule has 0 aliphatic carbocycles. The van der Waals surface area contributed by atoms with Crippen LogP contribution in [0.2, 0.25) is 0 Å². The van der Waals surface area contributed by atoms with Gasteiger partial charge in [0.15, 0.2) is 0 Å². The molecule has 0 aromatic carbocycles. The van der Waals surface area contributed by atoms with Crippen molar-refractivity contribution in [1.29, 1.82) is 0 Å². The van der Waals surface area contributed by atoms with Crippen LogP contribution in [0, 0.1) is 0 Å². The number of likely N-dealkylation sites (tertiary alicyclic amines) is 1. The molecule has 1 aromatic heterocycles. The molecule has 2 heterocycles. The normalized spacial score (nSPS) is 18.9. The molecule has 1 aromatic rings. The van der Waals surface area contributed by atoms with E-state index in [1.165, 1.54) is 4.57 Å². The number of aromatic nitrogens is 1. The molecule has 1 fully saturated rings. The second-order valence-corrected chi connectivity index (χ2v) is 4.90. The summed E-state index contributed by atoms with van der Waals surface area (Å²) in [5.74, 6) is -1.24. The minimum absolute atomic E-state index is 0.0738. The molecule has 1 aliphatic heterocycles. The summed E-state index contributed by atoms with van der Waals surface area (Å²) in [6.07, 6.45) is 2.58. The van der Waals surface area contributed by atoms with Gasteiger partial charge in [0.2, 0.25) is 5.91 Å². The number of piperidine rings is 1. The Morgan fingerprint density at radius 1 is 1.50 bits per heavy atom. The monoisotopic (exact) mass is 279 g/mol. The van der Waals surface area contributed by atoms with Gasteiger partial charge in [-0.2, -0.15) is 0 Å². The van der Waals surface area contributed by atoms with Gasteiger partial charge in [-0.15, -0.1) is 0 Å². The number of hydrogen-bond donors (Lipinski definition) is 2. The molecular formula is C13H17N3O4. The third kappa shape index (κ3) is 3.17. The first-order valence-corrected chi connectivity index (χ1v) is 6.39. The number of nitrogens with one attached hydrogen (secondary N) is 1. The molecule has 2 N–H and O–H groups in total. The molecule has 1 atom stereocenters. The third-order valence-corrected chi connectivity index (χ3v) is 3.33. The second-order valence-electron chi connectivity index (χ2n) is 4.90. The Labute approximate surface area is 116 Å². The van der Waals surface area contributed by atoms with E-state index in [-0.39, 0.29) is 24.4 Å². The van der Waals surface area contributed by atoms with E-state index in [0.29, 0.717) is 25.1 Å². The number of carbonyl (C=O) groups is 3. The van der Waals surface area contributed by atoms with Crippen LogP contribution < -0.4 is 5.32 Å². The fraction of sp³-hybridized carbons (Fsp3) is 0.462. The van der Waals surface area contributed by atoms with Crippen LogP contribution in [0.3, 0.4) is 0 Å². The molecule has 0 radical (unpaired) electrons. The summed E-state index contributed by atoms with van der Waals surface area (Å²) >= 11 is 0. The van der Waals surface area contributed by atoms with Crippen molar-refractivity contribution in [2.75, 3.05) is 13.6 Å². The highest BCUT2D eigenvalue weighted by Gasteiger charge is 2.25. The molecule has 1 saturated heterocycles. The van der Waals surface area contributed by atoms with Gasteiger partial charge >= 0.3 is 5.97 Å². The lowest BCUT2D eigenvalue weighted by Crippen LogP contribution is -2.48. The van der Waals surface area contributed by atoms with Crippen molar-refractivity contribution in [2.24, 2.45) is 0 Å². The largest absolute Gasteiger partial charge is 0.480 e. The smallest absolute Gasteiger partial charge is 0.323 e. The molecule has 108 valence electrons. The number of carboxylic acid groups (broad SMARTS) is 1. The first kappa shape index (κ1) is 14.1. The van der Waals surface area contributed by atoms with Gasteiger partial charge in [0.05, 0.1) is 0 Å². The zero-order valence-electron chi connectivity index (χ0n) is 11.2. The number of hydrogen-bond acceptors (Lipinski definition) is 3. The van der Waals surface area contributed by atoms with Crippen molar-refractivity contribution >= 4 is 17.8 Å². The van der Waals surface area contributed by atoms with Crippen LogP contribution in [0.25, 0.3) is 0 Å². The minimum Gasteiger partial charge on any atom is -0.480 e. The highest BCUT2D eigenvalue weighted by atomic mass is 16.4. The number of nitrogens with zero attached hydrogens (tertiary/aromatic N) is 2. The first-order chi connectivity index (χ1) is 9.47. The van der Waals surface area contributed by atoms with Gasteiger partial charge in [-0.3, -0.25) is 14.4 Å². The second kappa shape index (κ2) is 5.77. The molecule has 1 unspecified atom stereocenters. The zero-order valence-corrected chi connectivity index (χ0v) is 11.2. The first-order valence-electron chi connectivity index (χ1n) is 6.39. The van der Waals surface area contributed by atoms with Crippen LogP contribution >= 0.6 is 0 Å². The molecule has 0 spiro atoms. The summed E-state index contributed by atoms with van der Waals surface area (Å²) in [4.78, 5) is 35.8. The summed E-state index contributed by atoms with van der Waals surface area (Å²) in [5, 5.41) is 11.6. The molecule has 1 aliphatic rings. The number of rotatable bonds is 4. The van der Waals surface area contributed by atoms with E-state index in [9.17, 15) is 14.4 Å². The van der Waals surface area contributed by atoms with Crippen molar-refractivity contribution < 1.29 is 19.5 Å². The number of likely N-dealkylation sites (N-methyl/N-ethyl adjacent to an activating group) is 1. The molecular weight excluding hydrogens is 262 g/mol. The predicted molar refractivity (Wildman–Crippen MR) is 70.2 cm³/mol. The maximum atomic E-state index is 12.1. The Morgan fingerprint density at radius 3 is 2.90 bits per heavy atom. The Bertz CT molecular complexity index is 537. The van der Waals surface area contributed by atoms with Crippen LogP contribution in [-0.4, -0.2) is 52.0 Å². The zero-order chi connectivity index (χ0) is 14.7. The lowest BCUT2D eigenvalue weighted by atomic mass is 10.1. The van der Waals surface area contributed by atoms with Crippen molar-refractivity contribution in [3.63, 3.8) is 0 Å². The summed E-state index contributed by atoms with van der Waals surface area (Å²) in [5.41, 5.74) is 0.312. The average Bonchev–Trinajstić information content (AvgIpc) is 2.81. The van der Waals surface area contributed by atoms with Gasteiger partial charge in [0.1, 0.15) is 12.2 Å². The van der Waals surface area contributed by atoms with Crippen LogP contribution in [0.15, 0.2) is 18.3 Å². The number of aliphatic carboxylic acids is 1. The van der Waals surface area contributed by atoms with Gasteiger partial charge in [0.25, 0.3) is 5.91 Å². The van der Waals surface area contributed by atoms with E-state index in [2.05, 4.69) is 5.32 Å². The Balaban J connectivity index is 2.00. The fourth-order valence-electron chi connectivity index (χ4n) is 2.29. The van der Waals surface area contributed by atoms with E-state index in [4.69, 9.17) is 5.11 Å². The maximum Gasteiger partial charge on any atom is 0.323 e. The number of carbonyl (C=O) groups excluding carboxylic acids is 2. The van der Waals surface area contributed by atoms with Crippen LogP contribution in [0.5, 0.6) is 0 Å². The molecule has 2 rings (SSSR count). The summed E-state index contributed by atoms with van der Waals surface area (Å²) in [6.45, 7) is 0.225. The Hall–Kier alpha value is -2.31. The molecule has 0 bridgehead atoms. The highest BCUT2D eigenvalue weighted by molar-refractivity contribution is 5.93. The summed E-state index contributed by atoms with van der Waals surface area (Å²) < 4.78 is 1.38. The van der Waals surface area contributed by atoms with Crippen LogP contribution in [0.1, 0.15) is 23.3 Å². The van der Waals surface area contributed by atoms with E-state index in [1.807, 2.05) is 0 Å². The highest BCUT2D eigenvalue weighted by Crippen LogP contribution is 2.11. The van der Waals surface area contributed by atoms with Crippen molar-refractivity contribution in [3.05, 3.63) is 24.0 Å². The standard InChI is InChI=1S/C13H17N3O4/c1-15-7-9(4-5-11(15)17)14-13(20)10-3-2-6-16(10)8-12(18)19/h2-3,6,9H,4-5,7-8H2,1H3,(H,14,20)(H,18,19). The van der Waals surface area contributed by atoms with Crippen molar-refractivity contribution in [1.82, 2.24) is 14.8 Å². The lowest BCUT2D eigenvalue weighted by molar-refractivity contribution is -0.137. The average molecular weight is 279 g/mol. The predicted octanol–water partition coefficient (Wildman–Crippen LogP) is -0.0767. The van der Waals surface area contributed by atoms with Crippen LogP contribution in [0.4, 0.5) is 0 Å². The van der Waals surface area contributed by atoms with E-state index >= 15 is 0 Å². The topological polar surface area (TPSA) is 91.6 Å². The fourth-order valence-corrected chi connectivity index (χ4v) is 2.29. The molecule has 20 heavy (non-hydrogen) atoms. The van der Waals surface area contributed by atoms with E-state index in [1.54, 1.807) is 30.3 Å². The summed E-state index contributed by atoms with van der Waals surface area (Å²) in [6, 6.07) is 3.11. The minimum atomic E-state index is -1.00. The third-order valence-electron chi connectivity index (χ3n) is 3.33. The maximum absolute atomic E-state index is 12.1. The van der Waals surface area contributed by atoms with Crippen molar-refractivity contribution in [3.8, 4) is 0 Å². The van der Waals surface area contributed by atoms with Gasteiger partial charge in [0, 0.05) is 32.3 Å². The van der Waals surface area contributed by atoms with E-state index < -0.39 is 5.97 Å². The number of carboxylic acids is 1. The van der Waals surface area contributed by atoms with E-state index in [0.717, 1.165) is 0 Å². The molecule has 2 amide bonds. The quantitative estimate of drug-likeness (QED) is 0.806. The van der Waals surface area contributed by atoms with Gasteiger partial charge in [-0.05, 0) is 18.6 Å². The lowest BCUT2D eigenvalue weighted by Gasteiger charge is -2.30. The van der Waals surface area contributed by atoms with Gasteiger partial charge in [-0.25, -0.2) is 0 Å². The Morgan fingerprint density at radius 2 is 2.25 bits per heavy atom. The number of amides is 2. The molecule has 7 nitrogen and oxygen atoms in total. The summed E-state index contributed by atoms with van der Waals surface area (Å²) in [7, 11) is 1.70. The molecule has 0 saturated carbocycles. The van der Waals surface area contributed by atoms with Crippen molar-refractivity contribution in [2.45, 2.75) is 25.4 Å². The van der Waals surface area contributed by atoms with Gasteiger partial charge < -0.3 is 19.9 Å².